The second-order valence-corrected chi connectivity index (χ2v) is 4.95. The molecule has 0 aliphatic heterocycles. The van der Waals surface area contributed by atoms with Crippen molar-refractivity contribution in [3.63, 3.8) is 0 Å². The normalized spacial score (nSPS) is 12.2. The molecular weight excluding hydrogens is 286 g/mol. The van der Waals surface area contributed by atoms with Crippen molar-refractivity contribution in [2.45, 2.75) is 6.04 Å². The molecule has 100 valence electrons. The van der Waals surface area contributed by atoms with Gasteiger partial charge < -0.3 is 11.1 Å². The minimum absolute atomic E-state index is 0.186. The molecule has 0 radical (unpaired) electrons. The molecule has 2 rings (SSSR count). The van der Waals surface area contributed by atoms with Crippen LogP contribution in [0, 0.1) is 5.82 Å². The van der Waals surface area contributed by atoms with E-state index in [0.29, 0.717) is 16.6 Å². The summed E-state index contributed by atoms with van der Waals surface area (Å²) in [5.74, 6) is -0.365. The third-order valence-corrected chi connectivity index (χ3v) is 3.34. The lowest BCUT2D eigenvalue weighted by molar-refractivity contribution is 0.626. The van der Waals surface area contributed by atoms with Crippen LogP contribution in [0.15, 0.2) is 42.5 Å². The fourth-order valence-electron chi connectivity index (χ4n) is 1.80. The van der Waals surface area contributed by atoms with Gasteiger partial charge in [-0.2, -0.15) is 0 Å². The zero-order chi connectivity index (χ0) is 13.8. The van der Waals surface area contributed by atoms with Crippen molar-refractivity contribution in [3.8, 4) is 0 Å². The van der Waals surface area contributed by atoms with E-state index in [1.807, 2.05) is 12.1 Å². The summed E-state index contributed by atoms with van der Waals surface area (Å²) in [5, 5.41) is 4.26. The van der Waals surface area contributed by atoms with Gasteiger partial charge in [0.15, 0.2) is 0 Å². The Balaban J connectivity index is 2.22. The maximum Gasteiger partial charge on any atom is 0.124 e. The van der Waals surface area contributed by atoms with Gasteiger partial charge in [-0.05, 0) is 42.0 Å². The number of anilines is 1. The average molecular weight is 299 g/mol. The molecule has 19 heavy (non-hydrogen) atoms. The van der Waals surface area contributed by atoms with Gasteiger partial charge in [0.1, 0.15) is 5.82 Å². The molecule has 0 heterocycles. The van der Waals surface area contributed by atoms with Crippen LogP contribution in [0.4, 0.5) is 10.1 Å². The highest BCUT2D eigenvalue weighted by Gasteiger charge is 2.13. The number of hydrogen-bond acceptors (Lipinski definition) is 2. The molecule has 2 nitrogen and oxygen atoms in total. The summed E-state index contributed by atoms with van der Waals surface area (Å²) in [6.07, 6.45) is 0. The quantitative estimate of drug-likeness (QED) is 0.886. The summed E-state index contributed by atoms with van der Waals surface area (Å²) in [6, 6.07) is 11.4. The SMILES string of the molecule is NCC(Nc1ccc(Cl)cc1)c1ccc(F)cc1Cl. The van der Waals surface area contributed by atoms with E-state index >= 15 is 0 Å². The monoisotopic (exact) mass is 298 g/mol. The first-order valence-electron chi connectivity index (χ1n) is 5.77. The van der Waals surface area contributed by atoms with Crippen LogP contribution in [0.3, 0.4) is 0 Å². The Kier molecular flexibility index (Phi) is 4.64. The van der Waals surface area contributed by atoms with Gasteiger partial charge in [-0.3, -0.25) is 0 Å². The van der Waals surface area contributed by atoms with Gasteiger partial charge in [-0.15, -0.1) is 0 Å². The number of benzene rings is 2. The standard InChI is InChI=1S/C14H13Cl2FN2/c15-9-1-4-11(5-2-9)19-14(8-18)12-6-3-10(17)7-13(12)16/h1-7,14,19H,8,18H2. The molecule has 0 amide bonds. The molecule has 1 unspecified atom stereocenters. The fourth-order valence-corrected chi connectivity index (χ4v) is 2.22. The third-order valence-electron chi connectivity index (χ3n) is 2.76. The summed E-state index contributed by atoms with van der Waals surface area (Å²) in [4.78, 5) is 0. The first-order valence-corrected chi connectivity index (χ1v) is 6.53. The topological polar surface area (TPSA) is 38.0 Å². The van der Waals surface area contributed by atoms with Crippen LogP contribution in [0.25, 0.3) is 0 Å². The van der Waals surface area contributed by atoms with Gasteiger partial charge in [-0.1, -0.05) is 29.3 Å². The zero-order valence-electron chi connectivity index (χ0n) is 10.0. The van der Waals surface area contributed by atoms with Gasteiger partial charge >= 0.3 is 0 Å². The molecule has 0 fully saturated rings. The average Bonchev–Trinajstić information content (AvgIpc) is 2.39. The molecule has 0 aliphatic rings. The minimum Gasteiger partial charge on any atom is -0.377 e. The lowest BCUT2D eigenvalue weighted by Gasteiger charge is -2.20. The third kappa shape index (κ3) is 3.60. The van der Waals surface area contributed by atoms with Gasteiger partial charge in [0.2, 0.25) is 0 Å². The first-order chi connectivity index (χ1) is 9.10. The van der Waals surface area contributed by atoms with Crippen LogP contribution in [0.1, 0.15) is 11.6 Å². The molecule has 1 atom stereocenters. The van der Waals surface area contributed by atoms with Gasteiger partial charge in [0.25, 0.3) is 0 Å². The van der Waals surface area contributed by atoms with E-state index < -0.39 is 0 Å². The van der Waals surface area contributed by atoms with Crippen molar-refractivity contribution in [2.75, 3.05) is 11.9 Å². The molecule has 2 aromatic rings. The van der Waals surface area contributed by atoms with E-state index in [-0.39, 0.29) is 11.9 Å². The van der Waals surface area contributed by atoms with Crippen molar-refractivity contribution in [3.05, 3.63) is 63.9 Å². The largest absolute Gasteiger partial charge is 0.377 e. The van der Waals surface area contributed by atoms with Crippen LogP contribution in [-0.2, 0) is 0 Å². The molecule has 0 bridgehead atoms. The van der Waals surface area contributed by atoms with Crippen molar-refractivity contribution in [1.29, 1.82) is 0 Å². The molecule has 0 spiro atoms. The Morgan fingerprint density at radius 2 is 1.79 bits per heavy atom. The summed E-state index contributed by atoms with van der Waals surface area (Å²) < 4.78 is 13.0. The number of nitrogens with two attached hydrogens (primary N) is 1. The fraction of sp³-hybridized carbons (Fsp3) is 0.143. The number of hydrogen-bond donors (Lipinski definition) is 2. The Hall–Kier alpha value is -1.29. The van der Waals surface area contributed by atoms with Crippen LogP contribution < -0.4 is 11.1 Å². The highest BCUT2D eigenvalue weighted by molar-refractivity contribution is 6.31. The Labute approximate surface area is 121 Å². The smallest absolute Gasteiger partial charge is 0.124 e. The predicted molar refractivity (Wildman–Crippen MR) is 78.3 cm³/mol. The molecular formula is C14H13Cl2FN2. The molecule has 0 aliphatic carbocycles. The maximum atomic E-state index is 13.0. The highest BCUT2D eigenvalue weighted by atomic mass is 35.5. The van der Waals surface area contributed by atoms with Crippen LogP contribution in [0.2, 0.25) is 10.0 Å². The lowest BCUT2D eigenvalue weighted by atomic mass is 10.1. The Bertz CT molecular complexity index is 558. The minimum atomic E-state index is -0.365. The molecule has 0 saturated carbocycles. The van der Waals surface area contributed by atoms with E-state index in [1.54, 1.807) is 18.2 Å². The molecule has 3 N–H and O–H groups in total. The second-order valence-electron chi connectivity index (χ2n) is 4.11. The number of nitrogens with one attached hydrogen (secondary N) is 1. The molecule has 5 heteroatoms. The van der Waals surface area contributed by atoms with E-state index in [9.17, 15) is 4.39 Å². The highest BCUT2D eigenvalue weighted by Crippen LogP contribution is 2.26. The van der Waals surface area contributed by atoms with Gasteiger partial charge in [0, 0.05) is 22.3 Å². The zero-order valence-corrected chi connectivity index (χ0v) is 11.5. The van der Waals surface area contributed by atoms with Crippen molar-refractivity contribution >= 4 is 28.9 Å². The molecule has 0 aromatic heterocycles. The van der Waals surface area contributed by atoms with E-state index in [4.69, 9.17) is 28.9 Å². The molecule has 0 saturated heterocycles. The number of rotatable bonds is 4. The summed E-state index contributed by atoms with van der Waals surface area (Å²) in [5.41, 5.74) is 7.39. The summed E-state index contributed by atoms with van der Waals surface area (Å²) in [7, 11) is 0. The maximum absolute atomic E-state index is 13.0. The van der Waals surface area contributed by atoms with E-state index in [2.05, 4.69) is 5.32 Å². The number of halogens is 3. The lowest BCUT2D eigenvalue weighted by Crippen LogP contribution is -2.21. The summed E-state index contributed by atoms with van der Waals surface area (Å²) in [6.45, 7) is 0.341. The Morgan fingerprint density at radius 1 is 1.11 bits per heavy atom. The van der Waals surface area contributed by atoms with Crippen molar-refractivity contribution in [1.82, 2.24) is 0 Å². The van der Waals surface area contributed by atoms with Crippen LogP contribution >= 0.6 is 23.2 Å². The summed E-state index contributed by atoms with van der Waals surface area (Å²) >= 11 is 11.9. The van der Waals surface area contributed by atoms with Gasteiger partial charge in [-0.25, -0.2) is 4.39 Å². The van der Waals surface area contributed by atoms with Crippen LogP contribution in [-0.4, -0.2) is 6.54 Å². The van der Waals surface area contributed by atoms with Crippen LogP contribution in [0.5, 0.6) is 0 Å². The van der Waals surface area contributed by atoms with Gasteiger partial charge in [0.05, 0.1) is 6.04 Å². The van der Waals surface area contributed by atoms with Crippen molar-refractivity contribution in [2.24, 2.45) is 5.73 Å². The van der Waals surface area contributed by atoms with E-state index in [1.165, 1.54) is 12.1 Å². The van der Waals surface area contributed by atoms with E-state index in [0.717, 1.165) is 11.3 Å². The molecule has 2 aromatic carbocycles. The first kappa shape index (κ1) is 14.1. The Morgan fingerprint density at radius 3 is 2.37 bits per heavy atom. The predicted octanol–water partition coefficient (Wildman–Crippen LogP) is 4.24. The second kappa shape index (κ2) is 6.24. The van der Waals surface area contributed by atoms with Crippen molar-refractivity contribution < 1.29 is 4.39 Å².